The summed E-state index contributed by atoms with van der Waals surface area (Å²) >= 11 is 0. The third kappa shape index (κ3) is 4.50. The maximum Gasteiger partial charge on any atom is 0.339 e. The number of hydrogen-bond acceptors (Lipinski definition) is 6. The topological polar surface area (TPSA) is 96.4 Å². The van der Waals surface area contributed by atoms with Crippen LogP contribution in [0.25, 0.3) is 22.4 Å². The fourth-order valence-corrected chi connectivity index (χ4v) is 3.35. The third-order valence-corrected chi connectivity index (χ3v) is 4.85. The number of pyridine rings is 1. The smallest absolute Gasteiger partial charge is 0.339 e. The van der Waals surface area contributed by atoms with Crippen LogP contribution < -0.4 is 4.90 Å². The highest BCUT2D eigenvalue weighted by Crippen LogP contribution is 2.26. The molecule has 0 unspecified atom stereocenters. The number of amides is 1. The molecule has 7 nitrogen and oxygen atoms in total. The SMILES string of the molecule is N#CCCN(C(=O)COC(=O)c1cc(-c2ccco2)nc2ccccc12)c1ccccc1. The highest BCUT2D eigenvalue weighted by Gasteiger charge is 2.20. The molecule has 2 aromatic carbocycles. The number of nitriles is 1. The minimum atomic E-state index is -0.641. The first-order valence-electron chi connectivity index (χ1n) is 10.0. The number of hydrogen-bond donors (Lipinski definition) is 0. The molecule has 32 heavy (non-hydrogen) atoms. The second-order valence-corrected chi connectivity index (χ2v) is 6.91. The third-order valence-electron chi connectivity index (χ3n) is 4.85. The summed E-state index contributed by atoms with van der Waals surface area (Å²) < 4.78 is 10.8. The molecule has 0 aliphatic heterocycles. The summed E-state index contributed by atoms with van der Waals surface area (Å²) in [6.45, 7) is -0.246. The molecule has 0 bridgehead atoms. The van der Waals surface area contributed by atoms with Crippen molar-refractivity contribution in [1.29, 1.82) is 5.26 Å². The molecule has 0 aliphatic rings. The van der Waals surface area contributed by atoms with Gasteiger partial charge in [0, 0.05) is 17.6 Å². The van der Waals surface area contributed by atoms with Gasteiger partial charge in [-0.1, -0.05) is 36.4 Å². The first-order valence-corrected chi connectivity index (χ1v) is 10.0. The molecule has 1 amide bonds. The van der Waals surface area contributed by atoms with Gasteiger partial charge in [-0.05, 0) is 36.4 Å². The van der Waals surface area contributed by atoms with Crippen LogP contribution in [0.1, 0.15) is 16.8 Å². The van der Waals surface area contributed by atoms with Gasteiger partial charge in [-0.2, -0.15) is 5.26 Å². The molecule has 0 radical (unpaired) electrons. The zero-order valence-electron chi connectivity index (χ0n) is 17.1. The molecule has 2 aromatic heterocycles. The Kier molecular flexibility index (Phi) is 6.23. The van der Waals surface area contributed by atoms with Gasteiger partial charge in [0.05, 0.1) is 29.8 Å². The lowest BCUT2D eigenvalue weighted by molar-refractivity contribution is -0.121. The molecule has 0 spiro atoms. The summed E-state index contributed by atoms with van der Waals surface area (Å²) in [5, 5.41) is 9.54. The number of esters is 1. The van der Waals surface area contributed by atoms with Gasteiger partial charge in [0.1, 0.15) is 5.69 Å². The predicted molar refractivity (Wildman–Crippen MR) is 119 cm³/mol. The Morgan fingerprint density at radius 1 is 1.03 bits per heavy atom. The molecule has 2 heterocycles. The maximum absolute atomic E-state index is 13.0. The van der Waals surface area contributed by atoms with E-state index in [2.05, 4.69) is 4.98 Å². The van der Waals surface area contributed by atoms with Gasteiger partial charge in [-0.3, -0.25) is 4.79 Å². The molecule has 158 valence electrons. The summed E-state index contributed by atoms with van der Waals surface area (Å²) in [6, 6.07) is 23.3. The Morgan fingerprint density at radius 3 is 2.56 bits per heavy atom. The van der Waals surface area contributed by atoms with Gasteiger partial charge in [-0.15, -0.1) is 0 Å². The molecular formula is C25H19N3O4. The molecule has 0 aliphatic carbocycles. The Balaban J connectivity index is 1.57. The number of para-hydroxylation sites is 2. The fraction of sp³-hybridized carbons (Fsp3) is 0.120. The Morgan fingerprint density at radius 2 is 1.81 bits per heavy atom. The van der Waals surface area contributed by atoms with Crippen molar-refractivity contribution in [3.8, 4) is 17.5 Å². The van der Waals surface area contributed by atoms with E-state index in [0.29, 0.717) is 28.0 Å². The van der Waals surface area contributed by atoms with Crippen LogP contribution in [0.2, 0.25) is 0 Å². The number of rotatable bonds is 7. The van der Waals surface area contributed by atoms with Crippen molar-refractivity contribution in [2.45, 2.75) is 6.42 Å². The molecule has 0 saturated carbocycles. The van der Waals surface area contributed by atoms with Gasteiger partial charge in [-0.25, -0.2) is 9.78 Å². The number of furan rings is 1. The number of fused-ring (bicyclic) bond motifs is 1. The lowest BCUT2D eigenvalue weighted by Gasteiger charge is -2.21. The van der Waals surface area contributed by atoms with E-state index in [0.717, 1.165) is 0 Å². The van der Waals surface area contributed by atoms with Crippen molar-refractivity contribution in [1.82, 2.24) is 4.98 Å². The van der Waals surface area contributed by atoms with Crippen LogP contribution in [0.15, 0.2) is 83.5 Å². The van der Waals surface area contributed by atoms with E-state index >= 15 is 0 Å². The van der Waals surface area contributed by atoms with Crippen LogP contribution in [-0.2, 0) is 9.53 Å². The average Bonchev–Trinajstić information content (AvgIpc) is 3.38. The molecule has 4 rings (SSSR count). The molecular weight excluding hydrogens is 406 g/mol. The highest BCUT2D eigenvalue weighted by atomic mass is 16.5. The van der Waals surface area contributed by atoms with E-state index in [1.807, 2.05) is 18.2 Å². The molecule has 0 saturated heterocycles. The zero-order valence-corrected chi connectivity index (χ0v) is 17.1. The van der Waals surface area contributed by atoms with Gasteiger partial charge < -0.3 is 14.1 Å². The van der Waals surface area contributed by atoms with Crippen LogP contribution in [0, 0.1) is 11.3 Å². The summed E-state index contributed by atoms with van der Waals surface area (Å²) in [5.74, 6) is -0.532. The van der Waals surface area contributed by atoms with Crippen LogP contribution in [0.4, 0.5) is 5.69 Å². The van der Waals surface area contributed by atoms with E-state index < -0.39 is 18.5 Å². The van der Waals surface area contributed by atoms with Crippen molar-refractivity contribution in [3.63, 3.8) is 0 Å². The summed E-state index contributed by atoms with van der Waals surface area (Å²) in [4.78, 5) is 31.8. The van der Waals surface area contributed by atoms with Crippen LogP contribution in [-0.4, -0.2) is 30.0 Å². The van der Waals surface area contributed by atoms with Crippen molar-refractivity contribution in [2.24, 2.45) is 0 Å². The lowest BCUT2D eigenvalue weighted by Crippen LogP contribution is -2.35. The average molecular weight is 425 g/mol. The van der Waals surface area contributed by atoms with E-state index in [9.17, 15) is 9.59 Å². The Hall–Kier alpha value is -4.44. The first kappa shape index (κ1) is 20.8. The quantitative estimate of drug-likeness (QED) is 0.402. The fourth-order valence-electron chi connectivity index (χ4n) is 3.35. The minimum absolute atomic E-state index is 0.163. The lowest BCUT2D eigenvalue weighted by atomic mass is 10.1. The summed E-state index contributed by atoms with van der Waals surface area (Å²) in [6.07, 6.45) is 1.69. The number of benzene rings is 2. The Bertz CT molecular complexity index is 1280. The molecule has 7 heteroatoms. The van der Waals surface area contributed by atoms with Gasteiger partial charge >= 0.3 is 5.97 Å². The second-order valence-electron chi connectivity index (χ2n) is 6.91. The van der Waals surface area contributed by atoms with E-state index in [4.69, 9.17) is 14.4 Å². The number of nitrogens with zero attached hydrogens (tertiary/aromatic N) is 3. The van der Waals surface area contributed by atoms with Gasteiger partial charge in [0.2, 0.25) is 0 Å². The van der Waals surface area contributed by atoms with Crippen LogP contribution in [0.3, 0.4) is 0 Å². The Labute approximate surface area is 184 Å². The number of ether oxygens (including phenoxy) is 1. The monoisotopic (exact) mass is 425 g/mol. The number of anilines is 1. The largest absolute Gasteiger partial charge is 0.463 e. The number of carbonyl (C=O) groups excluding carboxylic acids is 2. The highest BCUT2D eigenvalue weighted by molar-refractivity contribution is 6.05. The normalized spacial score (nSPS) is 10.5. The molecule has 4 aromatic rings. The second kappa shape index (κ2) is 9.58. The minimum Gasteiger partial charge on any atom is -0.463 e. The van der Waals surface area contributed by atoms with Crippen molar-refractivity contribution in [2.75, 3.05) is 18.1 Å². The summed E-state index contributed by atoms with van der Waals surface area (Å²) in [5.41, 5.74) is 2.03. The van der Waals surface area contributed by atoms with E-state index in [-0.39, 0.29) is 18.5 Å². The van der Waals surface area contributed by atoms with Crippen LogP contribution >= 0.6 is 0 Å². The molecule has 0 N–H and O–H groups in total. The van der Waals surface area contributed by atoms with E-state index in [1.165, 1.54) is 11.2 Å². The van der Waals surface area contributed by atoms with Gasteiger partial charge in [0.25, 0.3) is 5.91 Å². The van der Waals surface area contributed by atoms with Crippen molar-refractivity contribution in [3.05, 3.63) is 84.6 Å². The molecule has 0 atom stereocenters. The number of aromatic nitrogens is 1. The maximum atomic E-state index is 13.0. The first-order chi connectivity index (χ1) is 15.7. The van der Waals surface area contributed by atoms with Crippen molar-refractivity contribution >= 4 is 28.5 Å². The summed E-state index contributed by atoms with van der Waals surface area (Å²) in [7, 11) is 0. The number of carbonyl (C=O) groups is 2. The predicted octanol–water partition coefficient (Wildman–Crippen LogP) is 4.60. The van der Waals surface area contributed by atoms with Crippen LogP contribution in [0.5, 0.6) is 0 Å². The van der Waals surface area contributed by atoms with Crippen molar-refractivity contribution < 1.29 is 18.7 Å². The zero-order chi connectivity index (χ0) is 22.3. The molecule has 0 fully saturated rings. The van der Waals surface area contributed by atoms with Gasteiger partial charge in [0.15, 0.2) is 12.4 Å². The van der Waals surface area contributed by atoms with E-state index in [1.54, 1.807) is 60.7 Å². The standard InChI is InChI=1S/C25H19N3O4/c26-13-7-14-28(18-8-2-1-3-9-18)24(29)17-32-25(30)20-16-22(23-12-6-15-31-23)27-21-11-5-4-10-19(20)21/h1-6,8-12,15-16H,7,14,17H2.